The van der Waals surface area contributed by atoms with Crippen molar-refractivity contribution in [3.63, 3.8) is 0 Å². The molecule has 2 aromatic carbocycles. The summed E-state index contributed by atoms with van der Waals surface area (Å²) in [5, 5.41) is 13.3. The van der Waals surface area contributed by atoms with Crippen molar-refractivity contribution in [2.45, 2.75) is 37.8 Å². The van der Waals surface area contributed by atoms with Crippen LogP contribution in [-0.4, -0.2) is 20.7 Å². The number of aromatic nitrogens is 3. The summed E-state index contributed by atoms with van der Waals surface area (Å²) < 4.78 is 2.00. The van der Waals surface area contributed by atoms with E-state index in [2.05, 4.69) is 15.5 Å². The fourth-order valence-electron chi connectivity index (χ4n) is 2.70. The predicted molar refractivity (Wildman–Crippen MR) is 114 cm³/mol. The van der Waals surface area contributed by atoms with Crippen LogP contribution in [0.25, 0.3) is 0 Å². The van der Waals surface area contributed by atoms with Crippen molar-refractivity contribution in [1.29, 1.82) is 0 Å². The minimum absolute atomic E-state index is 0.126. The quantitative estimate of drug-likeness (QED) is 0.523. The Hall–Kier alpha value is -2.02. The Morgan fingerprint density at radius 3 is 2.68 bits per heavy atom. The lowest BCUT2D eigenvalue weighted by Crippen LogP contribution is -2.24. The van der Waals surface area contributed by atoms with Crippen LogP contribution in [0.5, 0.6) is 0 Å². The van der Waals surface area contributed by atoms with Crippen LogP contribution in [0.4, 0.5) is 0 Å². The number of hydrogen-bond acceptors (Lipinski definition) is 4. The van der Waals surface area contributed by atoms with Gasteiger partial charge in [0.25, 0.3) is 5.91 Å². The maximum Gasteiger partial charge on any atom is 0.251 e. The van der Waals surface area contributed by atoms with Crippen LogP contribution in [0, 0.1) is 6.92 Å². The zero-order valence-corrected chi connectivity index (χ0v) is 17.9. The number of benzene rings is 2. The summed E-state index contributed by atoms with van der Waals surface area (Å²) in [6.45, 7) is 5.02. The van der Waals surface area contributed by atoms with Crippen LogP contribution in [0.1, 0.15) is 34.2 Å². The third-order valence-electron chi connectivity index (χ3n) is 4.15. The average Bonchev–Trinajstić information content (AvgIpc) is 3.08. The number of aryl methyl sites for hydroxylation is 1. The van der Waals surface area contributed by atoms with E-state index in [0.717, 1.165) is 22.1 Å². The first-order valence-corrected chi connectivity index (χ1v) is 10.6. The van der Waals surface area contributed by atoms with Gasteiger partial charge in [0.15, 0.2) is 11.0 Å². The largest absolute Gasteiger partial charge is 0.345 e. The highest BCUT2D eigenvalue weighted by Gasteiger charge is 2.13. The molecule has 3 rings (SSSR count). The number of nitrogens with one attached hydrogen (secondary N) is 1. The molecule has 0 aliphatic carbocycles. The second-order valence-corrected chi connectivity index (χ2v) is 7.99. The van der Waals surface area contributed by atoms with E-state index in [1.807, 2.05) is 48.7 Å². The zero-order chi connectivity index (χ0) is 20.1. The summed E-state index contributed by atoms with van der Waals surface area (Å²) in [5.74, 6) is 1.30. The molecule has 0 saturated heterocycles. The molecule has 0 saturated carbocycles. The first-order chi connectivity index (χ1) is 13.5. The molecular formula is C20H20Cl2N4OS. The van der Waals surface area contributed by atoms with Crippen molar-refractivity contribution in [3.8, 4) is 0 Å². The van der Waals surface area contributed by atoms with Gasteiger partial charge in [-0.05, 0) is 43.7 Å². The molecule has 0 spiro atoms. The highest BCUT2D eigenvalue weighted by molar-refractivity contribution is 7.98. The standard InChI is InChI=1S/C20H20Cl2N4OS/c1-3-26-18(11-23-19(27)15-6-4-5-13(2)9-15)24-25-20(26)28-12-14-7-8-16(21)17(22)10-14/h4-10H,3,11-12H2,1-2H3,(H,23,27). The molecule has 0 aliphatic rings. The molecule has 0 fully saturated rings. The number of carbonyl (C=O) groups is 1. The van der Waals surface area contributed by atoms with Crippen LogP contribution < -0.4 is 5.32 Å². The van der Waals surface area contributed by atoms with Gasteiger partial charge in [-0.2, -0.15) is 0 Å². The number of hydrogen-bond donors (Lipinski definition) is 1. The predicted octanol–water partition coefficient (Wildman–Crippen LogP) is 5.14. The molecule has 0 aliphatic heterocycles. The Kier molecular flexibility index (Phi) is 6.99. The van der Waals surface area contributed by atoms with Gasteiger partial charge in [-0.15, -0.1) is 10.2 Å². The molecule has 146 valence electrons. The summed E-state index contributed by atoms with van der Waals surface area (Å²) >= 11 is 13.6. The lowest BCUT2D eigenvalue weighted by molar-refractivity contribution is 0.0949. The molecule has 1 amide bonds. The van der Waals surface area contributed by atoms with Crippen LogP contribution in [0.3, 0.4) is 0 Å². The van der Waals surface area contributed by atoms with Crippen LogP contribution in [0.15, 0.2) is 47.6 Å². The van der Waals surface area contributed by atoms with Gasteiger partial charge in [0, 0.05) is 17.9 Å². The average molecular weight is 435 g/mol. The maximum atomic E-state index is 12.3. The number of carbonyl (C=O) groups excluding carboxylic acids is 1. The van der Waals surface area contributed by atoms with E-state index in [-0.39, 0.29) is 5.91 Å². The molecule has 1 N–H and O–H groups in total. The number of thioether (sulfide) groups is 1. The van der Waals surface area contributed by atoms with Crippen molar-refractivity contribution in [1.82, 2.24) is 20.1 Å². The second kappa shape index (κ2) is 9.45. The molecule has 0 radical (unpaired) electrons. The van der Waals surface area contributed by atoms with E-state index in [1.54, 1.807) is 23.9 Å². The van der Waals surface area contributed by atoms with Gasteiger partial charge >= 0.3 is 0 Å². The smallest absolute Gasteiger partial charge is 0.251 e. The summed E-state index contributed by atoms with van der Waals surface area (Å²) in [6, 6.07) is 13.1. The maximum absolute atomic E-state index is 12.3. The van der Waals surface area contributed by atoms with Crippen LogP contribution >= 0.6 is 35.0 Å². The fraction of sp³-hybridized carbons (Fsp3) is 0.250. The molecular weight excluding hydrogens is 415 g/mol. The first-order valence-electron chi connectivity index (χ1n) is 8.81. The number of nitrogens with zero attached hydrogens (tertiary/aromatic N) is 3. The van der Waals surface area contributed by atoms with E-state index in [4.69, 9.17) is 23.2 Å². The lowest BCUT2D eigenvalue weighted by Gasteiger charge is -2.09. The van der Waals surface area contributed by atoms with E-state index in [0.29, 0.717) is 34.5 Å². The van der Waals surface area contributed by atoms with E-state index in [9.17, 15) is 4.79 Å². The zero-order valence-electron chi connectivity index (χ0n) is 15.6. The first kappa shape index (κ1) is 20.7. The molecule has 3 aromatic rings. The second-order valence-electron chi connectivity index (χ2n) is 6.23. The number of halogens is 2. The van der Waals surface area contributed by atoms with Crippen molar-refractivity contribution in [3.05, 3.63) is 75.0 Å². The highest BCUT2D eigenvalue weighted by atomic mass is 35.5. The van der Waals surface area contributed by atoms with Gasteiger partial charge in [0.05, 0.1) is 16.6 Å². The minimum atomic E-state index is -0.126. The molecule has 28 heavy (non-hydrogen) atoms. The van der Waals surface area contributed by atoms with Gasteiger partial charge in [-0.25, -0.2) is 0 Å². The minimum Gasteiger partial charge on any atom is -0.345 e. The third-order valence-corrected chi connectivity index (χ3v) is 5.93. The third kappa shape index (κ3) is 5.07. The van der Waals surface area contributed by atoms with Gasteiger partial charge in [-0.3, -0.25) is 4.79 Å². The van der Waals surface area contributed by atoms with Crippen molar-refractivity contribution in [2.75, 3.05) is 0 Å². The van der Waals surface area contributed by atoms with E-state index < -0.39 is 0 Å². The van der Waals surface area contributed by atoms with Crippen molar-refractivity contribution < 1.29 is 4.79 Å². The Labute approximate surface area is 178 Å². The Balaban J connectivity index is 1.64. The Bertz CT molecular complexity index is 990. The molecule has 0 bridgehead atoms. The fourth-order valence-corrected chi connectivity index (χ4v) is 3.98. The Morgan fingerprint density at radius 2 is 1.96 bits per heavy atom. The van der Waals surface area contributed by atoms with Gasteiger partial charge in [0.1, 0.15) is 0 Å². The molecule has 1 heterocycles. The number of amides is 1. The summed E-state index contributed by atoms with van der Waals surface area (Å²) in [4.78, 5) is 12.3. The SMILES string of the molecule is CCn1c(CNC(=O)c2cccc(C)c2)nnc1SCc1ccc(Cl)c(Cl)c1. The molecule has 1 aromatic heterocycles. The monoisotopic (exact) mass is 434 g/mol. The normalized spacial score (nSPS) is 10.9. The topological polar surface area (TPSA) is 59.8 Å². The molecule has 8 heteroatoms. The summed E-state index contributed by atoms with van der Waals surface area (Å²) in [7, 11) is 0. The summed E-state index contributed by atoms with van der Waals surface area (Å²) in [5.41, 5.74) is 2.74. The molecule has 0 atom stereocenters. The van der Waals surface area contributed by atoms with E-state index >= 15 is 0 Å². The molecule has 0 unspecified atom stereocenters. The van der Waals surface area contributed by atoms with Crippen LogP contribution in [0.2, 0.25) is 10.0 Å². The summed E-state index contributed by atoms with van der Waals surface area (Å²) in [6.07, 6.45) is 0. The molecule has 5 nitrogen and oxygen atoms in total. The van der Waals surface area contributed by atoms with Gasteiger partial charge in [0.2, 0.25) is 0 Å². The van der Waals surface area contributed by atoms with Crippen molar-refractivity contribution in [2.24, 2.45) is 0 Å². The number of rotatable bonds is 7. The van der Waals surface area contributed by atoms with Gasteiger partial charge < -0.3 is 9.88 Å². The Morgan fingerprint density at radius 1 is 1.14 bits per heavy atom. The van der Waals surface area contributed by atoms with Crippen LogP contribution in [-0.2, 0) is 18.8 Å². The highest BCUT2D eigenvalue weighted by Crippen LogP contribution is 2.27. The van der Waals surface area contributed by atoms with E-state index in [1.165, 1.54) is 0 Å². The van der Waals surface area contributed by atoms with Gasteiger partial charge in [-0.1, -0.05) is 58.7 Å². The lowest BCUT2D eigenvalue weighted by atomic mass is 10.1. The van der Waals surface area contributed by atoms with Crippen molar-refractivity contribution >= 4 is 40.9 Å².